The smallest absolute Gasteiger partial charge is 0.191 e. The number of halogens is 2. The van der Waals surface area contributed by atoms with E-state index >= 15 is 0 Å². The first-order valence-corrected chi connectivity index (χ1v) is 7.70. The van der Waals surface area contributed by atoms with Crippen LogP contribution in [0.15, 0.2) is 29.3 Å². The minimum Gasteiger partial charge on any atom is -0.356 e. The van der Waals surface area contributed by atoms with Crippen molar-refractivity contribution in [1.82, 2.24) is 10.6 Å². The van der Waals surface area contributed by atoms with E-state index in [1.54, 1.807) is 19.2 Å². The van der Waals surface area contributed by atoms with Gasteiger partial charge in [-0.15, -0.1) is 24.0 Å². The topological polar surface area (TPSA) is 36.4 Å². The molecule has 0 spiro atoms. The number of nitrogens with zero attached hydrogens (tertiary/aromatic N) is 1. The average molecular weight is 419 g/mol. The Balaban J connectivity index is 0.00000242. The third kappa shape index (κ3) is 4.83. The van der Waals surface area contributed by atoms with Gasteiger partial charge in [0.05, 0.1) is 0 Å². The fourth-order valence-corrected chi connectivity index (χ4v) is 2.37. The van der Waals surface area contributed by atoms with E-state index in [9.17, 15) is 4.39 Å². The summed E-state index contributed by atoms with van der Waals surface area (Å²) < 4.78 is 13.4. The Morgan fingerprint density at radius 1 is 1.32 bits per heavy atom. The molecule has 2 rings (SSSR count). The van der Waals surface area contributed by atoms with Gasteiger partial charge in [-0.1, -0.05) is 26.0 Å². The summed E-state index contributed by atoms with van der Waals surface area (Å²) in [4.78, 5) is 4.27. The van der Waals surface area contributed by atoms with Gasteiger partial charge >= 0.3 is 0 Å². The van der Waals surface area contributed by atoms with Crippen LogP contribution < -0.4 is 10.6 Å². The lowest BCUT2D eigenvalue weighted by atomic mass is 9.96. The minimum atomic E-state index is -0.158. The van der Waals surface area contributed by atoms with Crippen molar-refractivity contribution < 1.29 is 4.39 Å². The summed E-state index contributed by atoms with van der Waals surface area (Å²) >= 11 is 0. The highest BCUT2D eigenvalue weighted by Crippen LogP contribution is 2.47. The maximum atomic E-state index is 13.4. The molecule has 1 aliphatic rings. The van der Waals surface area contributed by atoms with Crippen molar-refractivity contribution in [2.75, 3.05) is 13.6 Å². The summed E-state index contributed by atoms with van der Waals surface area (Å²) in [6.45, 7) is 7.30. The molecular weight excluding hydrogens is 392 g/mol. The third-order valence-electron chi connectivity index (χ3n) is 4.47. The molecule has 0 bridgehead atoms. The number of nitrogens with one attached hydrogen (secondary N) is 2. The van der Waals surface area contributed by atoms with E-state index in [0.29, 0.717) is 12.0 Å². The number of hydrogen-bond donors (Lipinski definition) is 2. The first-order chi connectivity index (χ1) is 9.97. The molecule has 1 atom stereocenters. The van der Waals surface area contributed by atoms with Gasteiger partial charge in [0.1, 0.15) is 5.82 Å². The van der Waals surface area contributed by atoms with E-state index in [-0.39, 0.29) is 35.2 Å². The van der Waals surface area contributed by atoms with Crippen molar-refractivity contribution in [3.63, 3.8) is 0 Å². The van der Waals surface area contributed by atoms with E-state index in [4.69, 9.17) is 0 Å². The fraction of sp³-hybridized carbons (Fsp3) is 0.588. The molecule has 22 heavy (non-hydrogen) atoms. The van der Waals surface area contributed by atoms with Gasteiger partial charge in [-0.2, -0.15) is 0 Å². The molecule has 1 aromatic carbocycles. The molecule has 0 saturated heterocycles. The van der Waals surface area contributed by atoms with Crippen molar-refractivity contribution in [3.05, 3.63) is 35.6 Å². The van der Waals surface area contributed by atoms with E-state index in [0.717, 1.165) is 30.9 Å². The number of hydrogen-bond acceptors (Lipinski definition) is 1. The lowest BCUT2D eigenvalue weighted by Crippen LogP contribution is -2.46. The summed E-state index contributed by atoms with van der Waals surface area (Å²) in [5.74, 6) is 1.20. The zero-order chi connectivity index (χ0) is 15.5. The first kappa shape index (κ1) is 19.2. The van der Waals surface area contributed by atoms with Crippen molar-refractivity contribution in [2.45, 2.75) is 45.1 Å². The van der Waals surface area contributed by atoms with Crippen LogP contribution in [0.5, 0.6) is 0 Å². The van der Waals surface area contributed by atoms with Crippen LogP contribution in [0.4, 0.5) is 4.39 Å². The Bertz CT molecular complexity index is 512. The minimum absolute atomic E-state index is 0. The monoisotopic (exact) mass is 419 g/mol. The first-order valence-electron chi connectivity index (χ1n) is 7.70. The van der Waals surface area contributed by atoms with E-state index in [1.807, 2.05) is 6.07 Å². The largest absolute Gasteiger partial charge is 0.356 e. The number of aliphatic imine (C=N–C) groups is 1. The lowest BCUT2D eigenvalue weighted by Gasteiger charge is -2.23. The van der Waals surface area contributed by atoms with Crippen molar-refractivity contribution in [1.29, 1.82) is 0 Å². The number of guanidine groups is 1. The van der Waals surface area contributed by atoms with Gasteiger partial charge in [0, 0.05) is 25.0 Å². The van der Waals surface area contributed by atoms with Gasteiger partial charge in [0.15, 0.2) is 5.96 Å². The molecule has 124 valence electrons. The predicted molar refractivity (Wildman–Crippen MR) is 102 cm³/mol. The second-order valence-electron chi connectivity index (χ2n) is 6.39. The molecule has 1 unspecified atom stereocenters. The molecule has 1 saturated carbocycles. The zero-order valence-corrected chi connectivity index (χ0v) is 16.1. The second-order valence-corrected chi connectivity index (χ2v) is 6.39. The molecule has 1 aromatic rings. The molecule has 5 heteroatoms. The standard InChI is InChI=1S/C17H26FN3.HI/c1-12(2)13(3)21-16(19-4)20-11-17(8-9-17)14-6-5-7-15(18)10-14;/h5-7,10,12-13H,8-9,11H2,1-4H3,(H2,19,20,21);1H. The van der Waals surface area contributed by atoms with E-state index in [1.165, 1.54) is 6.07 Å². The summed E-state index contributed by atoms with van der Waals surface area (Å²) in [5.41, 5.74) is 1.16. The summed E-state index contributed by atoms with van der Waals surface area (Å²) in [7, 11) is 1.78. The summed E-state index contributed by atoms with van der Waals surface area (Å²) in [6, 6.07) is 7.32. The van der Waals surface area contributed by atoms with Gasteiger partial charge in [-0.05, 0) is 43.4 Å². The molecule has 0 aromatic heterocycles. The highest BCUT2D eigenvalue weighted by atomic mass is 127. The van der Waals surface area contributed by atoms with Crippen LogP contribution in [0.1, 0.15) is 39.2 Å². The number of rotatable bonds is 5. The van der Waals surface area contributed by atoms with E-state index in [2.05, 4.69) is 36.4 Å². The van der Waals surface area contributed by atoms with Gasteiger partial charge in [0.2, 0.25) is 0 Å². The normalized spacial score (nSPS) is 17.6. The Hall–Kier alpha value is -0.850. The zero-order valence-electron chi connectivity index (χ0n) is 13.8. The average Bonchev–Trinajstić information content (AvgIpc) is 3.24. The van der Waals surface area contributed by atoms with Crippen molar-refractivity contribution in [3.8, 4) is 0 Å². The van der Waals surface area contributed by atoms with Crippen LogP contribution in [-0.4, -0.2) is 25.6 Å². The van der Waals surface area contributed by atoms with Crippen LogP contribution in [0.3, 0.4) is 0 Å². The summed E-state index contributed by atoms with van der Waals surface area (Å²) in [6.07, 6.45) is 2.19. The Morgan fingerprint density at radius 3 is 2.50 bits per heavy atom. The highest BCUT2D eigenvalue weighted by Gasteiger charge is 2.44. The maximum absolute atomic E-state index is 13.4. The molecule has 1 aliphatic carbocycles. The third-order valence-corrected chi connectivity index (χ3v) is 4.47. The van der Waals surface area contributed by atoms with Gasteiger partial charge in [-0.25, -0.2) is 4.39 Å². The van der Waals surface area contributed by atoms with Crippen LogP contribution >= 0.6 is 24.0 Å². The number of benzene rings is 1. The Morgan fingerprint density at radius 2 is 2.00 bits per heavy atom. The molecule has 3 nitrogen and oxygen atoms in total. The molecule has 0 heterocycles. The van der Waals surface area contributed by atoms with Gasteiger partial charge < -0.3 is 10.6 Å². The van der Waals surface area contributed by atoms with Crippen LogP contribution in [0.25, 0.3) is 0 Å². The SMILES string of the molecule is CN=C(NCC1(c2cccc(F)c2)CC1)NC(C)C(C)C.I. The second kappa shape index (κ2) is 8.13. The quantitative estimate of drug-likeness (QED) is 0.434. The molecule has 1 fully saturated rings. The van der Waals surface area contributed by atoms with Crippen molar-refractivity contribution >= 4 is 29.9 Å². The molecule has 0 amide bonds. The summed E-state index contributed by atoms with van der Waals surface area (Å²) in [5, 5.41) is 6.79. The van der Waals surface area contributed by atoms with Crippen LogP contribution in [0, 0.1) is 11.7 Å². The lowest BCUT2D eigenvalue weighted by molar-refractivity contribution is 0.478. The van der Waals surface area contributed by atoms with Crippen molar-refractivity contribution in [2.24, 2.45) is 10.9 Å². The van der Waals surface area contributed by atoms with Gasteiger partial charge in [-0.3, -0.25) is 4.99 Å². The molecular formula is C17H27FIN3. The fourth-order valence-electron chi connectivity index (χ4n) is 2.37. The Labute approximate surface area is 150 Å². The molecule has 0 aliphatic heterocycles. The van der Waals surface area contributed by atoms with Crippen LogP contribution in [-0.2, 0) is 5.41 Å². The predicted octanol–water partition coefficient (Wildman–Crippen LogP) is 3.68. The maximum Gasteiger partial charge on any atom is 0.191 e. The molecule has 0 radical (unpaired) electrons. The molecule has 2 N–H and O–H groups in total. The van der Waals surface area contributed by atoms with Gasteiger partial charge in [0.25, 0.3) is 0 Å². The Kier molecular flexibility index (Phi) is 7.09. The van der Waals surface area contributed by atoms with Crippen LogP contribution in [0.2, 0.25) is 0 Å². The highest BCUT2D eigenvalue weighted by molar-refractivity contribution is 14.0. The van der Waals surface area contributed by atoms with E-state index < -0.39 is 0 Å².